The van der Waals surface area contributed by atoms with Gasteiger partial charge in [-0.25, -0.2) is 9.78 Å². The van der Waals surface area contributed by atoms with E-state index in [-0.39, 0.29) is 22.2 Å². The van der Waals surface area contributed by atoms with Gasteiger partial charge in [0.1, 0.15) is 5.75 Å². The van der Waals surface area contributed by atoms with Crippen LogP contribution in [0.5, 0.6) is 5.75 Å². The van der Waals surface area contributed by atoms with Crippen LogP contribution in [-0.4, -0.2) is 26.7 Å². The number of nitrogens with zero attached hydrogens (tertiary/aromatic N) is 2. The van der Waals surface area contributed by atoms with E-state index in [0.717, 1.165) is 28.8 Å². The first-order valence-electron chi connectivity index (χ1n) is 8.50. The minimum atomic E-state index is -4.59. The molecule has 0 fully saturated rings. The Labute approximate surface area is 180 Å². The van der Waals surface area contributed by atoms with Gasteiger partial charge in [-0.1, -0.05) is 11.6 Å². The summed E-state index contributed by atoms with van der Waals surface area (Å²) in [5, 5.41) is 10.7. The van der Waals surface area contributed by atoms with Crippen LogP contribution in [0, 0.1) is 0 Å². The highest BCUT2D eigenvalue weighted by atomic mass is 35.5. The minimum absolute atomic E-state index is 0.00154. The molecule has 0 aliphatic carbocycles. The van der Waals surface area contributed by atoms with Crippen LogP contribution in [0.4, 0.5) is 33.5 Å². The van der Waals surface area contributed by atoms with Crippen LogP contribution in [0.2, 0.25) is 5.02 Å². The van der Waals surface area contributed by atoms with E-state index in [1.54, 1.807) is 0 Å². The molecule has 13 heteroatoms. The van der Waals surface area contributed by atoms with E-state index >= 15 is 0 Å². The van der Waals surface area contributed by atoms with Crippen LogP contribution in [0.15, 0.2) is 59.7 Å². The fraction of sp³-hybridized carbons (Fsp3) is 0.105. The zero-order valence-corrected chi connectivity index (χ0v) is 16.3. The lowest BCUT2D eigenvalue weighted by molar-refractivity contribution is -0.210. The maximum absolute atomic E-state index is 13.1. The quantitative estimate of drug-likeness (QED) is 0.502. The van der Waals surface area contributed by atoms with E-state index in [1.165, 1.54) is 24.5 Å². The lowest BCUT2D eigenvalue weighted by Crippen LogP contribution is -2.34. The van der Waals surface area contributed by atoms with E-state index < -0.39 is 35.1 Å². The molecule has 2 aromatic carbocycles. The number of halogens is 6. The van der Waals surface area contributed by atoms with Crippen molar-refractivity contribution in [3.63, 3.8) is 0 Å². The van der Waals surface area contributed by atoms with Crippen molar-refractivity contribution in [2.75, 3.05) is 5.32 Å². The molecule has 32 heavy (non-hydrogen) atoms. The Morgan fingerprint density at radius 3 is 2.31 bits per heavy atom. The molecule has 7 nitrogen and oxygen atoms in total. The fourth-order valence-corrected chi connectivity index (χ4v) is 2.72. The van der Waals surface area contributed by atoms with Gasteiger partial charge < -0.3 is 15.2 Å². The molecule has 0 saturated heterocycles. The summed E-state index contributed by atoms with van der Waals surface area (Å²) in [6.07, 6.45) is -6.56. The third kappa shape index (κ3) is 4.97. The van der Waals surface area contributed by atoms with Crippen molar-refractivity contribution in [2.45, 2.75) is 12.3 Å². The molecule has 0 saturated carbocycles. The lowest BCUT2D eigenvalue weighted by Gasteiger charge is -2.14. The van der Waals surface area contributed by atoms with Crippen LogP contribution in [0.3, 0.4) is 0 Å². The second-order valence-corrected chi connectivity index (χ2v) is 6.59. The van der Waals surface area contributed by atoms with Crippen molar-refractivity contribution in [3.8, 4) is 11.4 Å². The van der Waals surface area contributed by atoms with Gasteiger partial charge in [0, 0.05) is 18.1 Å². The van der Waals surface area contributed by atoms with Crippen LogP contribution < -0.4 is 15.6 Å². The van der Waals surface area contributed by atoms with Crippen molar-refractivity contribution in [3.05, 3.63) is 75.8 Å². The maximum atomic E-state index is 13.1. The molecule has 0 atom stereocenters. The number of hydrogen-bond acceptors (Lipinski definition) is 5. The molecular weight excluding hydrogens is 465 g/mol. The summed E-state index contributed by atoms with van der Waals surface area (Å²) in [6, 6.07) is 6.99. The summed E-state index contributed by atoms with van der Waals surface area (Å²) in [5.41, 5.74) is -1.51. The standard InChI is InChI=1S/C19H11ClF5N3O4/c20-13-9-10(18(21,22)23)1-6-14(13)27-15-16(29)28(8-7-26-15)11-2-4-12(5-3-11)32-19(24,25)17(30)31/h1-9H,(H,26,27)(H,30,31). The number of carbonyl (C=O) groups is 1. The number of aromatic nitrogens is 2. The molecule has 1 aromatic heterocycles. The van der Waals surface area contributed by atoms with Gasteiger partial charge in [0.05, 0.1) is 16.3 Å². The monoisotopic (exact) mass is 475 g/mol. The number of aliphatic carboxylic acids is 1. The minimum Gasteiger partial charge on any atom is -0.474 e. The number of carboxylic acid groups (broad SMARTS) is 1. The first kappa shape index (κ1) is 23.0. The van der Waals surface area contributed by atoms with Crippen molar-refractivity contribution >= 4 is 29.1 Å². The van der Waals surface area contributed by atoms with Gasteiger partial charge in [-0.2, -0.15) is 22.0 Å². The van der Waals surface area contributed by atoms with Crippen LogP contribution >= 0.6 is 11.6 Å². The zero-order valence-electron chi connectivity index (χ0n) is 15.5. The number of carboxylic acids is 1. The van der Waals surface area contributed by atoms with Gasteiger partial charge in [-0.05, 0) is 42.5 Å². The number of ether oxygens (including phenoxy) is 1. The Morgan fingerprint density at radius 1 is 1.09 bits per heavy atom. The van der Waals surface area contributed by atoms with Gasteiger partial charge in [-0.15, -0.1) is 0 Å². The molecule has 0 unspecified atom stereocenters. The molecule has 0 amide bonds. The molecule has 0 radical (unpaired) electrons. The number of hydrogen-bond donors (Lipinski definition) is 2. The second-order valence-electron chi connectivity index (χ2n) is 6.19. The largest absolute Gasteiger partial charge is 0.501 e. The van der Waals surface area contributed by atoms with Crippen molar-refractivity contribution in [1.29, 1.82) is 0 Å². The molecule has 1 heterocycles. The first-order valence-corrected chi connectivity index (χ1v) is 8.88. The van der Waals surface area contributed by atoms with Crippen LogP contribution in [-0.2, 0) is 11.0 Å². The molecule has 3 aromatic rings. The van der Waals surface area contributed by atoms with E-state index in [2.05, 4.69) is 15.0 Å². The third-order valence-corrected chi connectivity index (χ3v) is 4.31. The first-order chi connectivity index (χ1) is 14.9. The summed E-state index contributed by atoms with van der Waals surface area (Å²) < 4.78 is 69.7. The predicted molar refractivity (Wildman–Crippen MR) is 103 cm³/mol. The van der Waals surface area contributed by atoms with Gasteiger partial charge in [0.25, 0.3) is 5.56 Å². The molecule has 0 aliphatic rings. The van der Waals surface area contributed by atoms with Gasteiger partial charge in [0.2, 0.25) is 0 Å². The summed E-state index contributed by atoms with van der Waals surface area (Å²) in [5.74, 6) is -3.20. The molecular formula is C19H11ClF5N3O4. The predicted octanol–water partition coefficient (Wildman–Crippen LogP) is 4.70. The third-order valence-electron chi connectivity index (χ3n) is 4.00. The average molecular weight is 476 g/mol. The number of benzene rings is 2. The number of alkyl halides is 5. The summed E-state index contributed by atoms with van der Waals surface area (Å²) in [4.78, 5) is 27.0. The molecule has 168 valence electrons. The Hall–Kier alpha value is -3.67. The smallest absolute Gasteiger partial charge is 0.474 e. The maximum Gasteiger partial charge on any atom is 0.501 e. The van der Waals surface area contributed by atoms with Crippen LogP contribution in [0.25, 0.3) is 5.69 Å². The van der Waals surface area contributed by atoms with E-state index in [4.69, 9.17) is 16.7 Å². The highest BCUT2D eigenvalue weighted by Gasteiger charge is 2.42. The number of rotatable bonds is 6. The Balaban J connectivity index is 1.86. The second kappa shape index (κ2) is 8.46. The summed E-state index contributed by atoms with van der Waals surface area (Å²) in [6.45, 7) is 0. The fourth-order valence-electron chi connectivity index (χ4n) is 2.49. The van der Waals surface area contributed by atoms with Crippen molar-refractivity contribution in [1.82, 2.24) is 9.55 Å². The average Bonchev–Trinajstić information content (AvgIpc) is 2.70. The SMILES string of the molecule is O=C(O)C(F)(F)Oc1ccc(-n2ccnc(Nc3ccc(C(F)(F)F)cc3Cl)c2=O)cc1. The van der Waals surface area contributed by atoms with Gasteiger partial charge >= 0.3 is 18.3 Å². The zero-order chi connectivity index (χ0) is 23.7. The topological polar surface area (TPSA) is 93.4 Å². The molecule has 0 aliphatic heterocycles. The molecule has 0 spiro atoms. The van der Waals surface area contributed by atoms with Gasteiger partial charge in [-0.3, -0.25) is 9.36 Å². The van der Waals surface area contributed by atoms with Crippen molar-refractivity contribution < 1.29 is 36.6 Å². The Bertz CT molecular complexity index is 1210. The Kier molecular flexibility index (Phi) is 6.08. The number of anilines is 2. The van der Waals surface area contributed by atoms with Crippen LogP contribution in [0.1, 0.15) is 5.56 Å². The summed E-state index contributed by atoms with van der Waals surface area (Å²) in [7, 11) is 0. The van der Waals surface area contributed by atoms with E-state index in [1.807, 2.05) is 0 Å². The normalized spacial score (nSPS) is 11.8. The van der Waals surface area contributed by atoms with E-state index in [9.17, 15) is 31.5 Å². The lowest BCUT2D eigenvalue weighted by atomic mass is 10.2. The summed E-state index contributed by atoms with van der Waals surface area (Å²) >= 11 is 5.87. The number of nitrogens with one attached hydrogen (secondary N) is 1. The molecule has 2 N–H and O–H groups in total. The molecule has 3 rings (SSSR count). The van der Waals surface area contributed by atoms with Crippen molar-refractivity contribution in [2.24, 2.45) is 0 Å². The molecule has 0 bridgehead atoms. The highest BCUT2D eigenvalue weighted by Crippen LogP contribution is 2.34. The Morgan fingerprint density at radius 2 is 1.75 bits per heavy atom. The highest BCUT2D eigenvalue weighted by molar-refractivity contribution is 6.33. The van der Waals surface area contributed by atoms with Gasteiger partial charge in [0.15, 0.2) is 5.82 Å². The van der Waals surface area contributed by atoms with E-state index in [0.29, 0.717) is 6.07 Å².